The predicted molar refractivity (Wildman–Crippen MR) is 185 cm³/mol. The van der Waals surface area contributed by atoms with Crippen LogP contribution in [0.4, 0.5) is 0 Å². The van der Waals surface area contributed by atoms with Crippen molar-refractivity contribution in [1.82, 2.24) is 14.7 Å². The largest absolute Gasteiger partial charge is 0.393 e. The lowest BCUT2D eigenvalue weighted by molar-refractivity contribution is -0.152. The predicted octanol–water partition coefficient (Wildman–Crippen LogP) is 4.77. The third-order valence-corrected chi connectivity index (χ3v) is 9.68. The maximum Gasteiger partial charge on any atom is 0.249 e. The van der Waals surface area contributed by atoms with Crippen LogP contribution in [0.25, 0.3) is 11.1 Å². The highest BCUT2D eigenvalue weighted by atomic mass is 16.3. The topological polar surface area (TPSA) is 107 Å². The third-order valence-electron chi connectivity index (χ3n) is 9.68. The van der Waals surface area contributed by atoms with E-state index in [1.54, 1.807) is 30.0 Å². The first-order valence-corrected chi connectivity index (χ1v) is 16.6. The second kappa shape index (κ2) is 14.2. The molecule has 0 radical (unpaired) electrons. The summed E-state index contributed by atoms with van der Waals surface area (Å²) in [6, 6.07) is 27.1. The van der Waals surface area contributed by atoms with Gasteiger partial charge in [0.1, 0.15) is 11.6 Å². The van der Waals surface area contributed by atoms with E-state index in [9.17, 15) is 19.5 Å². The molecule has 2 fully saturated rings. The summed E-state index contributed by atoms with van der Waals surface area (Å²) in [6.07, 6.45) is 5.13. The van der Waals surface area contributed by atoms with Gasteiger partial charge in [0, 0.05) is 45.1 Å². The number of hydrogen-bond donors (Lipinski definition) is 2. The summed E-state index contributed by atoms with van der Waals surface area (Å²) >= 11 is 0. The van der Waals surface area contributed by atoms with Crippen molar-refractivity contribution in [3.8, 4) is 11.1 Å². The Labute approximate surface area is 278 Å². The summed E-state index contributed by atoms with van der Waals surface area (Å²) in [6.45, 7) is 4.68. The van der Waals surface area contributed by atoms with Gasteiger partial charge in [0.05, 0.1) is 6.10 Å². The molecular formula is C39H48N4O4. The van der Waals surface area contributed by atoms with Crippen LogP contribution >= 0.6 is 0 Å². The molecule has 1 unspecified atom stereocenters. The van der Waals surface area contributed by atoms with Gasteiger partial charge in [-0.2, -0.15) is 0 Å². The van der Waals surface area contributed by atoms with E-state index < -0.39 is 23.2 Å². The summed E-state index contributed by atoms with van der Waals surface area (Å²) in [5.41, 5.74) is 8.65. The molecule has 0 bridgehead atoms. The van der Waals surface area contributed by atoms with Crippen molar-refractivity contribution >= 4 is 17.7 Å². The van der Waals surface area contributed by atoms with E-state index in [0.29, 0.717) is 38.8 Å². The number of aliphatic hydroxyl groups excluding tert-OH is 1. The molecule has 248 valence electrons. The van der Waals surface area contributed by atoms with Crippen LogP contribution in [-0.4, -0.2) is 87.9 Å². The van der Waals surface area contributed by atoms with Crippen LogP contribution in [0, 0.1) is 0 Å². The zero-order valence-corrected chi connectivity index (χ0v) is 28.0. The van der Waals surface area contributed by atoms with Crippen molar-refractivity contribution in [3.05, 3.63) is 108 Å². The van der Waals surface area contributed by atoms with Crippen LogP contribution in [0.1, 0.15) is 56.6 Å². The highest BCUT2D eigenvalue weighted by molar-refractivity contribution is 5.99. The third kappa shape index (κ3) is 7.83. The average molecular weight is 637 g/mol. The number of benzene rings is 3. The smallest absolute Gasteiger partial charge is 0.249 e. The number of rotatable bonds is 11. The number of nitrogens with zero attached hydrogens (tertiary/aromatic N) is 3. The minimum atomic E-state index is -1.07. The Kier molecular flexibility index (Phi) is 10.3. The van der Waals surface area contributed by atoms with Gasteiger partial charge >= 0.3 is 0 Å². The molecule has 3 aromatic carbocycles. The maximum absolute atomic E-state index is 14.7. The zero-order valence-electron chi connectivity index (χ0n) is 28.0. The number of carbonyl (C=O) groups is 3. The van der Waals surface area contributed by atoms with Crippen LogP contribution in [0.5, 0.6) is 0 Å². The Morgan fingerprint density at radius 1 is 0.936 bits per heavy atom. The van der Waals surface area contributed by atoms with Crippen LogP contribution < -0.4 is 5.73 Å². The maximum atomic E-state index is 14.7. The lowest BCUT2D eigenvalue weighted by atomic mass is 9.97. The fourth-order valence-corrected chi connectivity index (χ4v) is 6.66. The minimum absolute atomic E-state index is 0.0980. The van der Waals surface area contributed by atoms with Crippen molar-refractivity contribution in [2.24, 2.45) is 5.73 Å². The standard InChI is InChI=1S/C39H48N4O4/c1-38(2,40)23-11-16-35(45)41(3)34(26-28-17-19-30(20-18-28)29-12-7-5-8-13-29)36(46)42(4)39(27-33(39)31-14-9-6-10-15-31)37(47)43-24-21-32(44)22-25-43/h5-20,32-34,44H,21-27,40H2,1-4H3/b16-11+/t33-,34+,39?/m0/s1. The first-order valence-electron chi connectivity index (χ1n) is 16.6. The highest BCUT2D eigenvalue weighted by Crippen LogP contribution is 2.56. The van der Waals surface area contributed by atoms with Gasteiger partial charge in [-0.25, -0.2) is 0 Å². The molecule has 1 saturated carbocycles. The summed E-state index contributed by atoms with van der Waals surface area (Å²) in [4.78, 5) is 47.5. The fourth-order valence-electron chi connectivity index (χ4n) is 6.66. The van der Waals surface area contributed by atoms with Gasteiger partial charge in [0.25, 0.3) is 0 Å². The summed E-state index contributed by atoms with van der Waals surface area (Å²) in [5, 5.41) is 10.1. The lowest BCUT2D eigenvalue weighted by Crippen LogP contribution is -2.58. The number of likely N-dealkylation sites (tertiary alicyclic amines) is 1. The molecule has 0 spiro atoms. The van der Waals surface area contributed by atoms with Gasteiger partial charge in [0.2, 0.25) is 17.7 Å². The van der Waals surface area contributed by atoms with Gasteiger partial charge < -0.3 is 25.5 Å². The summed E-state index contributed by atoms with van der Waals surface area (Å²) in [5.74, 6) is -0.860. The van der Waals surface area contributed by atoms with Crippen molar-refractivity contribution in [1.29, 1.82) is 0 Å². The second-order valence-corrected chi connectivity index (χ2v) is 13.8. The van der Waals surface area contributed by atoms with E-state index >= 15 is 0 Å². The Balaban J connectivity index is 1.46. The van der Waals surface area contributed by atoms with Crippen LogP contribution in [-0.2, 0) is 20.8 Å². The Morgan fingerprint density at radius 3 is 2.11 bits per heavy atom. The van der Waals surface area contributed by atoms with Gasteiger partial charge in [0.15, 0.2) is 0 Å². The number of aliphatic hydroxyl groups is 1. The van der Waals surface area contributed by atoms with Crippen molar-refractivity contribution in [3.63, 3.8) is 0 Å². The molecule has 3 aromatic rings. The Bertz CT molecular complexity index is 1560. The quantitative estimate of drug-likeness (QED) is 0.295. The Morgan fingerprint density at radius 2 is 1.51 bits per heavy atom. The van der Waals surface area contributed by atoms with Crippen molar-refractivity contribution in [2.45, 2.75) is 75.1 Å². The zero-order chi connectivity index (χ0) is 33.8. The van der Waals surface area contributed by atoms with Gasteiger partial charge in [-0.3, -0.25) is 14.4 Å². The van der Waals surface area contributed by atoms with E-state index in [2.05, 4.69) is 12.1 Å². The molecule has 0 aromatic heterocycles. The Hall–Kier alpha value is -4.27. The molecule has 47 heavy (non-hydrogen) atoms. The van der Waals surface area contributed by atoms with Crippen LogP contribution in [0.2, 0.25) is 0 Å². The van der Waals surface area contributed by atoms with E-state index in [1.165, 1.54) is 11.0 Å². The molecule has 1 aliphatic carbocycles. The normalized spacial score (nSPS) is 20.6. The van der Waals surface area contributed by atoms with Crippen molar-refractivity contribution < 1.29 is 19.5 Å². The minimum Gasteiger partial charge on any atom is -0.393 e. The van der Waals surface area contributed by atoms with Crippen LogP contribution in [0.15, 0.2) is 97.1 Å². The fraction of sp³-hybridized carbons (Fsp3) is 0.410. The van der Waals surface area contributed by atoms with Gasteiger partial charge in [-0.15, -0.1) is 0 Å². The van der Waals surface area contributed by atoms with E-state index in [4.69, 9.17) is 5.73 Å². The van der Waals surface area contributed by atoms with E-state index in [-0.39, 0.29) is 30.1 Å². The SMILES string of the molecule is CN(C(=O)/C=C/CC(C)(C)N)[C@H](Cc1ccc(-c2ccccc2)cc1)C(=O)N(C)C1(C(=O)N2CCC(O)CC2)C[C@H]1c1ccccc1. The first kappa shape index (κ1) is 34.1. The van der Waals surface area contributed by atoms with Gasteiger partial charge in [-0.05, 0) is 67.9 Å². The van der Waals surface area contributed by atoms with Crippen LogP contribution in [0.3, 0.4) is 0 Å². The molecule has 3 N–H and O–H groups in total. The molecule has 1 saturated heterocycles. The van der Waals surface area contributed by atoms with Crippen molar-refractivity contribution in [2.75, 3.05) is 27.2 Å². The number of likely N-dealkylation sites (N-methyl/N-ethyl adjacent to an activating group) is 2. The molecule has 8 heteroatoms. The molecule has 5 rings (SSSR count). The average Bonchev–Trinajstić information content (AvgIpc) is 3.84. The molecule has 8 nitrogen and oxygen atoms in total. The highest BCUT2D eigenvalue weighted by Gasteiger charge is 2.66. The monoisotopic (exact) mass is 636 g/mol. The van der Waals surface area contributed by atoms with E-state index in [1.807, 2.05) is 86.6 Å². The van der Waals surface area contributed by atoms with Gasteiger partial charge in [-0.1, -0.05) is 91.0 Å². The number of piperidine rings is 1. The molecule has 2 aliphatic rings. The first-order chi connectivity index (χ1) is 22.4. The van der Waals surface area contributed by atoms with E-state index in [0.717, 1.165) is 22.3 Å². The summed E-state index contributed by atoms with van der Waals surface area (Å²) < 4.78 is 0. The lowest BCUT2D eigenvalue weighted by Gasteiger charge is -2.39. The number of amides is 3. The number of nitrogens with two attached hydrogens (primary N) is 1. The molecule has 1 aliphatic heterocycles. The number of carbonyl (C=O) groups excluding carboxylic acids is 3. The number of hydrogen-bond acceptors (Lipinski definition) is 5. The molecule has 1 heterocycles. The molecular weight excluding hydrogens is 588 g/mol. The molecule has 3 amide bonds. The molecule has 3 atom stereocenters. The second-order valence-electron chi connectivity index (χ2n) is 13.8. The summed E-state index contributed by atoms with van der Waals surface area (Å²) in [7, 11) is 3.36.